The summed E-state index contributed by atoms with van der Waals surface area (Å²) in [5.74, 6) is 0.0375. The van der Waals surface area contributed by atoms with Crippen molar-refractivity contribution in [2.24, 2.45) is 0 Å². The molecule has 1 aliphatic rings. The SMILES string of the molecule is CN(CC(=O)N1CCN(S(=O)(=O)c2ccc3ccccc3c2)CC1)Cc1ccsc1. The monoisotopic (exact) mass is 443 g/mol. The molecule has 2 aromatic carbocycles. The van der Waals surface area contributed by atoms with E-state index in [4.69, 9.17) is 0 Å². The van der Waals surface area contributed by atoms with Crippen molar-refractivity contribution in [1.82, 2.24) is 14.1 Å². The van der Waals surface area contributed by atoms with E-state index >= 15 is 0 Å². The third kappa shape index (κ3) is 4.57. The van der Waals surface area contributed by atoms with Gasteiger partial charge in [-0.25, -0.2) is 8.42 Å². The van der Waals surface area contributed by atoms with E-state index in [2.05, 4.69) is 11.4 Å². The number of benzene rings is 2. The molecule has 0 atom stereocenters. The molecule has 0 unspecified atom stereocenters. The maximum Gasteiger partial charge on any atom is 0.243 e. The van der Waals surface area contributed by atoms with Crippen molar-refractivity contribution in [2.75, 3.05) is 39.8 Å². The lowest BCUT2D eigenvalue weighted by atomic mass is 10.1. The topological polar surface area (TPSA) is 60.9 Å². The highest BCUT2D eigenvalue weighted by Crippen LogP contribution is 2.23. The molecule has 1 saturated heterocycles. The second-order valence-corrected chi connectivity index (χ2v) is 10.3. The standard InChI is InChI=1S/C22H25N3O3S2/c1-23(15-18-8-13-29-17-18)16-22(26)24-9-11-25(12-10-24)30(27,28)21-7-6-19-4-2-3-5-20(19)14-21/h2-8,13-14,17H,9-12,15-16H2,1H3. The Hall–Kier alpha value is -2.26. The zero-order valence-electron chi connectivity index (χ0n) is 16.9. The first-order valence-electron chi connectivity index (χ1n) is 9.90. The van der Waals surface area contributed by atoms with Gasteiger partial charge in [-0.2, -0.15) is 15.6 Å². The van der Waals surface area contributed by atoms with Gasteiger partial charge < -0.3 is 4.90 Å². The number of hydrogen-bond donors (Lipinski definition) is 0. The summed E-state index contributed by atoms with van der Waals surface area (Å²) >= 11 is 1.65. The summed E-state index contributed by atoms with van der Waals surface area (Å²) in [4.78, 5) is 16.7. The molecule has 158 valence electrons. The van der Waals surface area contributed by atoms with Crippen molar-refractivity contribution in [3.05, 3.63) is 64.9 Å². The molecular weight excluding hydrogens is 418 g/mol. The summed E-state index contributed by atoms with van der Waals surface area (Å²) in [5, 5.41) is 6.02. The molecule has 6 nitrogen and oxygen atoms in total. The number of amides is 1. The summed E-state index contributed by atoms with van der Waals surface area (Å²) < 4.78 is 27.6. The largest absolute Gasteiger partial charge is 0.339 e. The third-order valence-electron chi connectivity index (χ3n) is 5.39. The van der Waals surface area contributed by atoms with Crippen molar-refractivity contribution in [2.45, 2.75) is 11.4 Å². The number of hydrogen-bond acceptors (Lipinski definition) is 5. The number of carbonyl (C=O) groups is 1. The minimum atomic E-state index is -3.57. The maximum atomic E-state index is 13.1. The van der Waals surface area contributed by atoms with Crippen molar-refractivity contribution < 1.29 is 13.2 Å². The van der Waals surface area contributed by atoms with E-state index in [0.29, 0.717) is 37.6 Å². The van der Waals surface area contributed by atoms with Gasteiger partial charge in [-0.05, 0) is 52.3 Å². The smallest absolute Gasteiger partial charge is 0.243 e. The molecule has 0 N–H and O–H groups in total. The molecule has 0 spiro atoms. The third-order valence-corrected chi connectivity index (χ3v) is 8.01. The Labute approximate surface area is 181 Å². The van der Waals surface area contributed by atoms with Crippen LogP contribution >= 0.6 is 11.3 Å². The number of carbonyl (C=O) groups excluding carboxylic acids is 1. The van der Waals surface area contributed by atoms with Crippen LogP contribution in [-0.2, 0) is 21.4 Å². The van der Waals surface area contributed by atoms with Crippen LogP contribution in [0.3, 0.4) is 0 Å². The lowest BCUT2D eigenvalue weighted by molar-refractivity contribution is -0.133. The molecule has 8 heteroatoms. The summed E-state index contributed by atoms with van der Waals surface area (Å²) in [5.41, 5.74) is 1.20. The second kappa shape index (κ2) is 8.85. The van der Waals surface area contributed by atoms with Gasteiger partial charge >= 0.3 is 0 Å². The quantitative estimate of drug-likeness (QED) is 0.588. The molecule has 4 rings (SSSR count). The lowest BCUT2D eigenvalue weighted by Crippen LogP contribution is -2.52. The number of likely N-dealkylation sites (N-methyl/N-ethyl adjacent to an activating group) is 1. The molecular formula is C22H25N3O3S2. The maximum absolute atomic E-state index is 13.1. The highest BCUT2D eigenvalue weighted by Gasteiger charge is 2.30. The number of thiophene rings is 1. The number of piperazine rings is 1. The highest BCUT2D eigenvalue weighted by atomic mass is 32.2. The number of rotatable bonds is 6. The fourth-order valence-corrected chi connectivity index (χ4v) is 5.85. The van der Waals surface area contributed by atoms with Gasteiger partial charge in [0.2, 0.25) is 15.9 Å². The summed E-state index contributed by atoms with van der Waals surface area (Å²) in [7, 11) is -1.65. The van der Waals surface area contributed by atoms with E-state index < -0.39 is 10.0 Å². The molecule has 1 aromatic heterocycles. The normalized spacial score (nSPS) is 15.7. The van der Waals surface area contributed by atoms with Gasteiger partial charge in [-0.15, -0.1) is 0 Å². The number of fused-ring (bicyclic) bond motifs is 1. The van der Waals surface area contributed by atoms with Crippen LogP contribution in [0.2, 0.25) is 0 Å². The van der Waals surface area contributed by atoms with Gasteiger partial charge in [0.05, 0.1) is 11.4 Å². The van der Waals surface area contributed by atoms with E-state index in [1.807, 2.05) is 47.7 Å². The van der Waals surface area contributed by atoms with Gasteiger partial charge in [0, 0.05) is 32.7 Å². The Kier molecular flexibility index (Phi) is 6.19. The Morgan fingerprint density at radius 2 is 1.77 bits per heavy atom. The van der Waals surface area contributed by atoms with Crippen molar-refractivity contribution in [1.29, 1.82) is 0 Å². The van der Waals surface area contributed by atoms with Gasteiger partial charge in [-0.1, -0.05) is 30.3 Å². The van der Waals surface area contributed by atoms with Crippen LogP contribution in [0.5, 0.6) is 0 Å². The van der Waals surface area contributed by atoms with Crippen molar-refractivity contribution >= 4 is 38.0 Å². The summed E-state index contributed by atoms with van der Waals surface area (Å²) in [6.07, 6.45) is 0. The molecule has 30 heavy (non-hydrogen) atoms. The minimum Gasteiger partial charge on any atom is -0.339 e. The highest BCUT2D eigenvalue weighted by molar-refractivity contribution is 7.89. The fourth-order valence-electron chi connectivity index (χ4n) is 3.74. The molecule has 1 aliphatic heterocycles. The van der Waals surface area contributed by atoms with E-state index in [0.717, 1.165) is 17.3 Å². The fraction of sp³-hybridized carbons (Fsp3) is 0.318. The predicted octanol–water partition coefficient (Wildman–Crippen LogP) is 2.87. The minimum absolute atomic E-state index is 0.0375. The Morgan fingerprint density at radius 3 is 2.47 bits per heavy atom. The Bertz CT molecular complexity index is 1120. The zero-order chi connectivity index (χ0) is 21.1. The van der Waals surface area contributed by atoms with Gasteiger partial charge in [0.1, 0.15) is 0 Å². The number of sulfonamides is 1. The first-order chi connectivity index (χ1) is 14.4. The van der Waals surface area contributed by atoms with Crippen LogP contribution in [0.15, 0.2) is 64.2 Å². The van der Waals surface area contributed by atoms with Crippen LogP contribution in [0.1, 0.15) is 5.56 Å². The van der Waals surface area contributed by atoms with Crippen LogP contribution < -0.4 is 0 Å². The summed E-state index contributed by atoms with van der Waals surface area (Å²) in [6, 6.07) is 15.0. The molecule has 0 aliphatic carbocycles. The second-order valence-electron chi connectivity index (χ2n) is 7.60. The van der Waals surface area contributed by atoms with E-state index in [9.17, 15) is 13.2 Å². The van der Waals surface area contributed by atoms with Crippen molar-refractivity contribution in [3.8, 4) is 0 Å². The number of nitrogens with zero attached hydrogens (tertiary/aromatic N) is 3. The zero-order valence-corrected chi connectivity index (χ0v) is 18.5. The van der Waals surface area contributed by atoms with E-state index in [1.165, 1.54) is 9.87 Å². The van der Waals surface area contributed by atoms with Crippen LogP contribution in [0.4, 0.5) is 0 Å². The van der Waals surface area contributed by atoms with E-state index in [-0.39, 0.29) is 5.91 Å². The van der Waals surface area contributed by atoms with Gasteiger partial charge in [0.25, 0.3) is 0 Å². The van der Waals surface area contributed by atoms with Gasteiger partial charge in [-0.3, -0.25) is 9.69 Å². The molecule has 1 fully saturated rings. The van der Waals surface area contributed by atoms with Crippen LogP contribution in [-0.4, -0.2) is 68.2 Å². The van der Waals surface area contributed by atoms with Crippen LogP contribution in [0, 0.1) is 0 Å². The Morgan fingerprint density at radius 1 is 1.03 bits per heavy atom. The van der Waals surface area contributed by atoms with Gasteiger partial charge in [0.15, 0.2) is 0 Å². The molecule has 3 aromatic rings. The Balaban J connectivity index is 1.36. The average molecular weight is 444 g/mol. The molecule has 0 saturated carbocycles. The molecule has 0 bridgehead atoms. The van der Waals surface area contributed by atoms with E-state index in [1.54, 1.807) is 28.4 Å². The average Bonchev–Trinajstić information content (AvgIpc) is 3.26. The first-order valence-corrected chi connectivity index (χ1v) is 12.3. The molecule has 1 amide bonds. The molecule has 0 radical (unpaired) electrons. The van der Waals surface area contributed by atoms with Crippen LogP contribution in [0.25, 0.3) is 10.8 Å². The lowest BCUT2D eigenvalue weighted by Gasteiger charge is -2.34. The first kappa shape index (κ1) is 21.0. The predicted molar refractivity (Wildman–Crippen MR) is 120 cm³/mol. The van der Waals surface area contributed by atoms with Crippen molar-refractivity contribution in [3.63, 3.8) is 0 Å². The molecule has 2 heterocycles. The summed E-state index contributed by atoms with van der Waals surface area (Å²) in [6.45, 7) is 2.51.